The molecule has 0 heterocycles. The van der Waals surface area contributed by atoms with Crippen molar-refractivity contribution in [2.75, 3.05) is 40.4 Å². The molecule has 122 valence electrons. The van der Waals surface area contributed by atoms with Gasteiger partial charge >= 0.3 is 6.09 Å². The molecule has 0 aromatic heterocycles. The summed E-state index contributed by atoms with van der Waals surface area (Å²) in [6.07, 6.45) is -0.716. The summed E-state index contributed by atoms with van der Waals surface area (Å²) < 4.78 is 4.36. The molecule has 0 aliphatic heterocycles. The van der Waals surface area contributed by atoms with E-state index < -0.39 is 18.0 Å². The normalized spacial score (nSPS) is 11.4. The predicted octanol–water partition coefficient (Wildman–Crippen LogP) is -2.56. The quantitative estimate of drug-likeness (QED) is 0.221. The van der Waals surface area contributed by atoms with Gasteiger partial charge in [0.25, 0.3) is 0 Å². The third-order valence-electron chi connectivity index (χ3n) is 2.31. The molecule has 0 aromatic rings. The third kappa shape index (κ3) is 10.5. The summed E-state index contributed by atoms with van der Waals surface area (Å²) in [6, 6.07) is -0.930. The van der Waals surface area contributed by atoms with Gasteiger partial charge in [0.15, 0.2) is 0 Å². The monoisotopic (exact) mass is 305 g/mol. The van der Waals surface area contributed by atoms with Gasteiger partial charge in [-0.15, -0.1) is 0 Å². The first-order valence-corrected chi connectivity index (χ1v) is 6.39. The molecule has 0 fully saturated rings. The second-order valence-electron chi connectivity index (χ2n) is 3.97. The van der Waals surface area contributed by atoms with Crippen molar-refractivity contribution in [1.29, 1.82) is 0 Å². The molecule has 0 aliphatic rings. The number of nitrogens with one attached hydrogen (secondary N) is 4. The van der Waals surface area contributed by atoms with E-state index in [1.807, 2.05) is 0 Å². The van der Waals surface area contributed by atoms with Crippen LogP contribution >= 0.6 is 0 Å². The first-order chi connectivity index (χ1) is 10.0. The highest BCUT2D eigenvalue weighted by Crippen LogP contribution is 1.88. The van der Waals surface area contributed by atoms with Crippen molar-refractivity contribution in [2.45, 2.75) is 12.5 Å². The highest BCUT2D eigenvalue weighted by molar-refractivity contribution is 5.88. The lowest BCUT2D eigenvalue weighted by atomic mass is 10.2. The molecule has 1 unspecified atom stereocenters. The third-order valence-corrected chi connectivity index (χ3v) is 2.31. The van der Waals surface area contributed by atoms with Gasteiger partial charge in [-0.25, -0.2) is 10.3 Å². The highest BCUT2D eigenvalue weighted by Gasteiger charge is 2.16. The van der Waals surface area contributed by atoms with Gasteiger partial charge in [-0.3, -0.25) is 9.59 Å². The minimum Gasteiger partial charge on any atom is -0.453 e. The van der Waals surface area contributed by atoms with Crippen molar-refractivity contribution < 1.29 is 24.0 Å². The van der Waals surface area contributed by atoms with Crippen LogP contribution in [0.5, 0.6) is 0 Å². The van der Waals surface area contributed by atoms with Crippen LogP contribution in [0.2, 0.25) is 0 Å². The number of carbonyl (C=O) groups is 3. The van der Waals surface area contributed by atoms with Crippen LogP contribution in [0.25, 0.3) is 0 Å². The molecule has 0 saturated carbocycles. The zero-order valence-electron chi connectivity index (χ0n) is 12.2. The van der Waals surface area contributed by atoms with Gasteiger partial charge < -0.3 is 31.3 Å². The number of alkyl carbamates (subject to hydrolysis) is 1. The van der Waals surface area contributed by atoms with Crippen LogP contribution in [-0.2, 0) is 19.2 Å². The Kier molecular flexibility index (Phi) is 10.8. The second kappa shape index (κ2) is 11.9. The summed E-state index contributed by atoms with van der Waals surface area (Å²) in [4.78, 5) is 38.4. The van der Waals surface area contributed by atoms with E-state index in [2.05, 4.69) is 31.0 Å². The number of hydrogen-bond donors (Lipinski definition) is 5. The van der Waals surface area contributed by atoms with Gasteiger partial charge in [0, 0.05) is 26.2 Å². The maximum absolute atomic E-state index is 11.5. The highest BCUT2D eigenvalue weighted by atomic mass is 16.6. The minimum atomic E-state index is -0.930. The smallest absolute Gasteiger partial charge is 0.406 e. The Labute approximate surface area is 123 Å². The Morgan fingerprint density at radius 3 is 2.24 bits per heavy atom. The molecule has 21 heavy (non-hydrogen) atoms. The van der Waals surface area contributed by atoms with E-state index in [1.54, 1.807) is 0 Å². The Bertz CT molecular complexity index is 339. The fourth-order valence-electron chi connectivity index (χ4n) is 1.27. The Morgan fingerprint density at radius 1 is 1.00 bits per heavy atom. The maximum atomic E-state index is 11.5. The molecule has 10 nitrogen and oxygen atoms in total. The van der Waals surface area contributed by atoms with E-state index in [0.29, 0.717) is 13.1 Å². The standard InChI is InChI=1S/C11H23N5O5/c1-20-11(19)15-4-3-13-9(17)7-8(12)10(18)14-5-6-16-21-2/h8,16H,3-7,12H2,1-2H3,(H,13,17)(H,14,18)(H,15,19). The zero-order valence-corrected chi connectivity index (χ0v) is 12.2. The van der Waals surface area contributed by atoms with Gasteiger partial charge in [-0.05, 0) is 0 Å². The average molecular weight is 305 g/mol. The number of carbonyl (C=O) groups excluding carboxylic acids is 3. The van der Waals surface area contributed by atoms with Gasteiger partial charge in [0.05, 0.1) is 26.7 Å². The van der Waals surface area contributed by atoms with Crippen molar-refractivity contribution in [3.63, 3.8) is 0 Å². The molecule has 0 bridgehead atoms. The van der Waals surface area contributed by atoms with Crippen molar-refractivity contribution >= 4 is 17.9 Å². The number of hydroxylamine groups is 1. The number of hydrogen-bond acceptors (Lipinski definition) is 7. The molecule has 10 heteroatoms. The largest absolute Gasteiger partial charge is 0.453 e. The number of nitrogens with two attached hydrogens (primary N) is 1. The van der Waals surface area contributed by atoms with Crippen LogP contribution in [-0.4, -0.2) is 64.3 Å². The maximum Gasteiger partial charge on any atom is 0.406 e. The van der Waals surface area contributed by atoms with Crippen LogP contribution in [0, 0.1) is 0 Å². The van der Waals surface area contributed by atoms with Crippen molar-refractivity contribution in [2.24, 2.45) is 5.73 Å². The predicted molar refractivity (Wildman–Crippen MR) is 74.0 cm³/mol. The van der Waals surface area contributed by atoms with Crippen LogP contribution in [0.4, 0.5) is 4.79 Å². The molecule has 0 aromatic carbocycles. The molecule has 3 amide bonds. The first-order valence-electron chi connectivity index (χ1n) is 6.39. The lowest BCUT2D eigenvalue weighted by molar-refractivity contribution is -0.127. The van der Waals surface area contributed by atoms with Gasteiger partial charge in [0.1, 0.15) is 0 Å². The molecule has 0 saturated heterocycles. The summed E-state index contributed by atoms with van der Waals surface area (Å²) in [5.41, 5.74) is 8.14. The molecule has 0 rings (SSSR count). The van der Waals surface area contributed by atoms with Gasteiger partial charge in [-0.2, -0.15) is 0 Å². The lowest BCUT2D eigenvalue weighted by Gasteiger charge is -2.12. The Balaban J connectivity index is 3.72. The van der Waals surface area contributed by atoms with Crippen molar-refractivity contribution in [3.8, 4) is 0 Å². The molecule has 1 atom stereocenters. The summed E-state index contributed by atoms with van der Waals surface area (Å²) >= 11 is 0. The second-order valence-corrected chi connectivity index (χ2v) is 3.97. The van der Waals surface area contributed by atoms with E-state index >= 15 is 0 Å². The van der Waals surface area contributed by atoms with Crippen LogP contribution < -0.4 is 27.2 Å². The van der Waals surface area contributed by atoms with Crippen LogP contribution in [0.3, 0.4) is 0 Å². The molecular weight excluding hydrogens is 282 g/mol. The number of methoxy groups -OCH3 is 1. The molecule has 0 aliphatic carbocycles. The fourth-order valence-corrected chi connectivity index (χ4v) is 1.27. The topological polar surface area (TPSA) is 144 Å². The molecule has 0 radical (unpaired) electrons. The van der Waals surface area contributed by atoms with E-state index in [1.165, 1.54) is 14.2 Å². The zero-order chi connectivity index (χ0) is 16.1. The molecule has 6 N–H and O–H groups in total. The van der Waals surface area contributed by atoms with Crippen LogP contribution in [0.15, 0.2) is 0 Å². The Hall–Kier alpha value is -1.91. The average Bonchev–Trinajstić information content (AvgIpc) is 2.47. The number of amides is 3. The van der Waals surface area contributed by atoms with E-state index in [-0.39, 0.29) is 25.4 Å². The number of rotatable bonds is 10. The lowest BCUT2D eigenvalue weighted by Crippen LogP contribution is -2.46. The summed E-state index contributed by atoms with van der Waals surface area (Å²) in [6.45, 7) is 1.22. The van der Waals surface area contributed by atoms with E-state index in [0.717, 1.165) is 0 Å². The SMILES string of the molecule is CONCCNC(=O)C(N)CC(=O)NCCNC(=O)OC. The number of ether oxygens (including phenoxy) is 1. The molecule has 0 spiro atoms. The Morgan fingerprint density at radius 2 is 1.62 bits per heavy atom. The summed E-state index contributed by atoms with van der Waals surface area (Å²) in [5, 5.41) is 7.47. The first kappa shape index (κ1) is 19.1. The molecular formula is C11H23N5O5. The van der Waals surface area contributed by atoms with Crippen LogP contribution in [0.1, 0.15) is 6.42 Å². The van der Waals surface area contributed by atoms with Crippen molar-refractivity contribution in [1.82, 2.24) is 21.4 Å². The summed E-state index contributed by atoms with van der Waals surface area (Å²) in [5.74, 6) is -0.796. The van der Waals surface area contributed by atoms with Gasteiger partial charge in [-0.1, -0.05) is 0 Å². The van der Waals surface area contributed by atoms with Crippen molar-refractivity contribution in [3.05, 3.63) is 0 Å². The van der Waals surface area contributed by atoms with E-state index in [4.69, 9.17) is 5.73 Å². The minimum absolute atomic E-state index is 0.137. The van der Waals surface area contributed by atoms with Gasteiger partial charge in [0.2, 0.25) is 11.8 Å². The fraction of sp³-hybridized carbons (Fsp3) is 0.727. The summed E-state index contributed by atoms with van der Waals surface area (Å²) in [7, 11) is 2.71. The van der Waals surface area contributed by atoms with E-state index in [9.17, 15) is 14.4 Å².